The van der Waals surface area contributed by atoms with E-state index in [1.807, 2.05) is 0 Å². The van der Waals surface area contributed by atoms with E-state index in [1.165, 1.54) is 20.1 Å². The maximum absolute atomic E-state index is 12.5. The fraction of sp³-hybridized carbons (Fsp3) is 0.167. The summed E-state index contributed by atoms with van der Waals surface area (Å²) in [5.41, 5.74) is 0.646. The predicted molar refractivity (Wildman–Crippen MR) is 103 cm³/mol. The van der Waals surface area contributed by atoms with E-state index in [0.29, 0.717) is 27.1 Å². The molecule has 0 unspecified atom stereocenters. The number of esters is 1. The summed E-state index contributed by atoms with van der Waals surface area (Å²) in [5, 5.41) is 0.385. The molecular formula is C18H13Cl2NO5S. The Morgan fingerprint density at radius 1 is 1.26 bits per heavy atom. The van der Waals surface area contributed by atoms with Crippen LogP contribution in [0.15, 0.2) is 39.7 Å². The highest BCUT2D eigenvalue weighted by atomic mass is 35.5. The van der Waals surface area contributed by atoms with Crippen molar-refractivity contribution in [3.63, 3.8) is 0 Å². The van der Waals surface area contributed by atoms with Crippen molar-refractivity contribution in [2.45, 2.75) is 13.0 Å². The van der Waals surface area contributed by atoms with Crippen LogP contribution in [-0.2, 0) is 14.3 Å². The maximum Gasteiger partial charge on any atom is 0.328 e. The van der Waals surface area contributed by atoms with Gasteiger partial charge in [-0.05, 0) is 49.0 Å². The molecule has 1 fully saturated rings. The summed E-state index contributed by atoms with van der Waals surface area (Å²) in [6, 6.07) is 7.35. The van der Waals surface area contributed by atoms with Crippen LogP contribution in [0.5, 0.6) is 0 Å². The molecule has 0 radical (unpaired) electrons. The van der Waals surface area contributed by atoms with E-state index in [0.717, 1.165) is 16.7 Å². The number of amides is 2. The van der Waals surface area contributed by atoms with Gasteiger partial charge < -0.3 is 9.15 Å². The van der Waals surface area contributed by atoms with E-state index >= 15 is 0 Å². The third kappa shape index (κ3) is 3.90. The molecule has 1 aliphatic rings. The van der Waals surface area contributed by atoms with Crippen molar-refractivity contribution in [2.24, 2.45) is 0 Å². The van der Waals surface area contributed by atoms with Crippen molar-refractivity contribution >= 4 is 58.2 Å². The lowest BCUT2D eigenvalue weighted by Gasteiger charge is -2.18. The fourth-order valence-corrected chi connectivity index (χ4v) is 3.87. The molecule has 27 heavy (non-hydrogen) atoms. The zero-order valence-corrected chi connectivity index (χ0v) is 16.5. The molecule has 2 amide bonds. The molecule has 0 spiro atoms. The number of benzene rings is 1. The Labute approximate surface area is 169 Å². The van der Waals surface area contributed by atoms with E-state index in [-0.39, 0.29) is 4.91 Å². The molecule has 0 bridgehead atoms. The molecule has 1 aromatic heterocycles. The molecular weight excluding hydrogens is 413 g/mol. The van der Waals surface area contributed by atoms with Gasteiger partial charge in [0.15, 0.2) is 0 Å². The summed E-state index contributed by atoms with van der Waals surface area (Å²) in [4.78, 5) is 37.2. The molecule has 6 nitrogen and oxygen atoms in total. The molecule has 3 rings (SSSR count). The van der Waals surface area contributed by atoms with Crippen molar-refractivity contribution in [1.82, 2.24) is 4.90 Å². The number of hydrogen-bond donors (Lipinski definition) is 0. The van der Waals surface area contributed by atoms with Crippen LogP contribution >= 0.6 is 35.0 Å². The molecule has 0 saturated carbocycles. The summed E-state index contributed by atoms with van der Waals surface area (Å²) < 4.78 is 10.3. The molecule has 9 heteroatoms. The third-order valence-corrected chi connectivity index (χ3v) is 5.28. The highest BCUT2D eigenvalue weighted by molar-refractivity contribution is 8.18. The average Bonchev–Trinajstić information content (AvgIpc) is 3.18. The lowest BCUT2D eigenvalue weighted by atomic mass is 10.2. The molecule has 140 valence electrons. The molecule has 1 saturated heterocycles. The first kappa shape index (κ1) is 19.5. The monoisotopic (exact) mass is 425 g/mol. The lowest BCUT2D eigenvalue weighted by Crippen LogP contribution is -2.42. The van der Waals surface area contributed by atoms with Crippen molar-refractivity contribution in [2.75, 3.05) is 7.11 Å². The highest BCUT2D eigenvalue weighted by Crippen LogP contribution is 2.36. The largest absolute Gasteiger partial charge is 0.467 e. The van der Waals surface area contributed by atoms with Crippen LogP contribution in [0.2, 0.25) is 10.0 Å². The number of methoxy groups -OCH3 is 1. The van der Waals surface area contributed by atoms with Gasteiger partial charge in [0, 0.05) is 16.7 Å². The topological polar surface area (TPSA) is 76.8 Å². The van der Waals surface area contributed by atoms with E-state index in [2.05, 4.69) is 4.74 Å². The van der Waals surface area contributed by atoms with Gasteiger partial charge in [-0.3, -0.25) is 14.5 Å². The third-order valence-electron chi connectivity index (χ3n) is 3.85. The number of halogens is 2. The number of thioether (sulfide) groups is 1. The zero-order chi connectivity index (χ0) is 19.7. The number of hydrogen-bond acceptors (Lipinski definition) is 6. The van der Waals surface area contributed by atoms with Crippen molar-refractivity contribution in [3.05, 3.63) is 51.0 Å². The average molecular weight is 426 g/mol. The maximum atomic E-state index is 12.5. The van der Waals surface area contributed by atoms with Crippen LogP contribution < -0.4 is 0 Å². The summed E-state index contributed by atoms with van der Waals surface area (Å²) in [5.74, 6) is -0.390. The van der Waals surface area contributed by atoms with Crippen LogP contribution in [0.4, 0.5) is 4.79 Å². The van der Waals surface area contributed by atoms with Gasteiger partial charge in [-0.15, -0.1) is 0 Å². The van der Waals surface area contributed by atoms with Gasteiger partial charge in [0.05, 0.1) is 17.0 Å². The molecule has 0 N–H and O–H groups in total. The second kappa shape index (κ2) is 7.80. The molecule has 1 aliphatic heterocycles. The van der Waals surface area contributed by atoms with Gasteiger partial charge in [0.1, 0.15) is 17.6 Å². The van der Waals surface area contributed by atoms with Gasteiger partial charge in [0.2, 0.25) is 0 Å². The lowest BCUT2D eigenvalue weighted by molar-refractivity contribution is -0.148. The number of carbonyl (C=O) groups is 3. The number of carbonyl (C=O) groups excluding carboxylic acids is 3. The first-order valence-corrected chi connectivity index (χ1v) is 9.29. The van der Waals surface area contributed by atoms with Gasteiger partial charge in [-0.2, -0.15) is 0 Å². The quantitative estimate of drug-likeness (QED) is 0.514. The molecule has 2 aromatic rings. The van der Waals surface area contributed by atoms with Crippen LogP contribution in [0.3, 0.4) is 0 Å². The van der Waals surface area contributed by atoms with Crippen LogP contribution in [0.1, 0.15) is 12.7 Å². The van der Waals surface area contributed by atoms with Crippen molar-refractivity contribution in [1.29, 1.82) is 0 Å². The van der Waals surface area contributed by atoms with Crippen LogP contribution in [0, 0.1) is 0 Å². The van der Waals surface area contributed by atoms with Crippen LogP contribution in [0.25, 0.3) is 17.4 Å². The fourth-order valence-electron chi connectivity index (χ4n) is 2.48. The molecule has 2 heterocycles. The highest BCUT2D eigenvalue weighted by Gasteiger charge is 2.41. The van der Waals surface area contributed by atoms with E-state index in [9.17, 15) is 14.4 Å². The van der Waals surface area contributed by atoms with Gasteiger partial charge in [-0.1, -0.05) is 23.2 Å². The van der Waals surface area contributed by atoms with Gasteiger partial charge >= 0.3 is 5.97 Å². The Balaban J connectivity index is 1.86. The zero-order valence-electron chi connectivity index (χ0n) is 14.2. The molecule has 1 atom stereocenters. The minimum absolute atomic E-state index is 0.152. The molecule has 1 aromatic carbocycles. The first-order valence-electron chi connectivity index (χ1n) is 7.72. The van der Waals surface area contributed by atoms with Crippen LogP contribution in [-0.4, -0.2) is 35.2 Å². The number of furan rings is 1. The number of ether oxygens (including phenoxy) is 1. The van der Waals surface area contributed by atoms with Gasteiger partial charge in [0.25, 0.3) is 11.1 Å². The number of rotatable bonds is 4. The van der Waals surface area contributed by atoms with E-state index in [1.54, 1.807) is 30.3 Å². The van der Waals surface area contributed by atoms with E-state index < -0.39 is 23.2 Å². The minimum atomic E-state index is -1.01. The summed E-state index contributed by atoms with van der Waals surface area (Å²) in [6.07, 6.45) is 1.45. The Morgan fingerprint density at radius 2 is 2.00 bits per heavy atom. The second-order valence-corrected chi connectivity index (χ2v) is 7.41. The molecule has 0 aliphatic carbocycles. The van der Waals surface area contributed by atoms with Crippen molar-refractivity contribution in [3.8, 4) is 11.3 Å². The predicted octanol–water partition coefficient (Wildman–Crippen LogP) is 4.85. The normalized spacial score (nSPS) is 16.9. The summed E-state index contributed by atoms with van der Waals surface area (Å²) in [6.45, 7) is 1.43. The standard InChI is InChI=1S/C18H13Cl2NO5S/c1-9(17(23)25-2)21-16(22)15(27-18(21)24)8-11-4-6-14(26-11)12-5-3-10(19)7-13(12)20/h3-9H,1-2H3/b15-8-/t9-/m0/s1. The van der Waals surface area contributed by atoms with Crippen molar-refractivity contribution < 1.29 is 23.5 Å². The Bertz CT molecular complexity index is 968. The second-order valence-electron chi connectivity index (χ2n) is 5.58. The summed E-state index contributed by atoms with van der Waals surface area (Å²) >= 11 is 12.8. The number of imide groups is 1. The SMILES string of the molecule is COC(=O)[C@H](C)N1C(=O)S/C(=C\c2ccc(-c3ccc(Cl)cc3Cl)o2)C1=O. The van der Waals surface area contributed by atoms with Gasteiger partial charge in [-0.25, -0.2) is 4.79 Å². The summed E-state index contributed by atoms with van der Waals surface area (Å²) in [7, 11) is 1.19. The number of nitrogens with zero attached hydrogens (tertiary/aromatic N) is 1. The minimum Gasteiger partial charge on any atom is -0.467 e. The Morgan fingerprint density at radius 3 is 2.67 bits per heavy atom. The smallest absolute Gasteiger partial charge is 0.328 e. The Hall–Kier alpha value is -2.22. The first-order chi connectivity index (χ1) is 12.8. The van der Waals surface area contributed by atoms with E-state index in [4.69, 9.17) is 27.6 Å². The Kier molecular flexibility index (Phi) is 5.64.